The van der Waals surface area contributed by atoms with E-state index < -0.39 is 0 Å². The van der Waals surface area contributed by atoms with Gasteiger partial charge in [0.15, 0.2) is 0 Å². The normalized spacial score (nSPS) is 14.3. The Hall–Kier alpha value is -2.79. The van der Waals surface area contributed by atoms with E-state index in [0.29, 0.717) is 12.2 Å². The highest BCUT2D eigenvalue weighted by molar-refractivity contribution is 8.00. The van der Waals surface area contributed by atoms with Crippen molar-refractivity contribution in [3.05, 3.63) is 66.7 Å². The topological polar surface area (TPSA) is 49.4 Å². The monoisotopic (exact) mass is 390 g/mol. The van der Waals surface area contributed by atoms with E-state index in [-0.39, 0.29) is 11.8 Å². The molecule has 28 heavy (non-hydrogen) atoms. The van der Waals surface area contributed by atoms with Crippen molar-refractivity contribution >= 4 is 45.7 Å². The van der Waals surface area contributed by atoms with Gasteiger partial charge in [-0.05, 0) is 53.9 Å². The van der Waals surface area contributed by atoms with Crippen LogP contribution in [0.25, 0.3) is 10.8 Å². The van der Waals surface area contributed by atoms with Crippen LogP contribution in [0.3, 0.4) is 0 Å². The smallest absolute Gasteiger partial charge is 0.234 e. The minimum absolute atomic E-state index is 0.0553. The first kappa shape index (κ1) is 18.6. The number of nitrogens with zero attached hydrogens (tertiary/aromatic N) is 1. The van der Waals surface area contributed by atoms with Crippen LogP contribution in [0, 0.1) is 0 Å². The zero-order chi connectivity index (χ0) is 19.3. The molecular weight excluding hydrogens is 368 g/mol. The van der Waals surface area contributed by atoms with E-state index in [1.54, 1.807) is 0 Å². The Kier molecular flexibility index (Phi) is 5.63. The van der Waals surface area contributed by atoms with E-state index >= 15 is 0 Å². The molecule has 0 atom stereocenters. The minimum atomic E-state index is -0.0553. The molecule has 0 saturated carbocycles. The lowest BCUT2D eigenvalue weighted by atomic mass is 10.1. The molecule has 0 radical (unpaired) electrons. The van der Waals surface area contributed by atoms with E-state index in [9.17, 15) is 9.59 Å². The Bertz CT molecular complexity index is 1020. The summed E-state index contributed by atoms with van der Waals surface area (Å²) in [5.74, 6) is 0.437. The molecule has 1 N–H and O–H groups in total. The Labute approximate surface area is 168 Å². The van der Waals surface area contributed by atoms with Gasteiger partial charge in [0.05, 0.1) is 5.75 Å². The van der Waals surface area contributed by atoms with Crippen LogP contribution in [-0.2, 0) is 9.59 Å². The number of benzene rings is 3. The maximum Gasteiger partial charge on any atom is 0.234 e. The first-order chi connectivity index (χ1) is 13.7. The largest absolute Gasteiger partial charge is 0.325 e. The highest BCUT2D eigenvalue weighted by Crippen LogP contribution is 2.26. The van der Waals surface area contributed by atoms with Crippen molar-refractivity contribution in [2.45, 2.75) is 24.2 Å². The van der Waals surface area contributed by atoms with Crippen LogP contribution in [0.15, 0.2) is 71.6 Å². The van der Waals surface area contributed by atoms with Gasteiger partial charge in [0.1, 0.15) is 0 Å². The minimum Gasteiger partial charge on any atom is -0.325 e. The second kappa shape index (κ2) is 8.48. The molecule has 142 valence electrons. The molecule has 4 rings (SSSR count). The van der Waals surface area contributed by atoms with Crippen LogP contribution in [0.2, 0.25) is 0 Å². The first-order valence-corrected chi connectivity index (χ1v) is 10.5. The molecule has 2 amide bonds. The zero-order valence-corrected chi connectivity index (χ0v) is 16.4. The number of carbonyl (C=O) groups excluding carboxylic acids is 2. The molecule has 0 bridgehead atoms. The number of rotatable bonds is 5. The third kappa shape index (κ3) is 4.37. The Morgan fingerprint density at radius 2 is 1.82 bits per heavy atom. The van der Waals surface area contributed by atoms with Crippen LogP contribution < -0.4 is 10.2 Å². The van der Waals surface area contributed by atoms with Crippen molar-refractivity contribution < 1.29 is 9.59 Å². The van der Waals surface area contributed by atoms with Crippen LogP contribution in [-0.4, -0.2) is 24.1 Å². The van der Waals surface area contributed by atoms with Crippen molar-refractivity contribution in [2.75, 3.05) is 22.5 Å². The van der Waals surface area contributed by atoms with Gasteiger partial charge in [-0.2, -0.15) is 0 Å². The summed E-state index contributed by atoms with van der Waals surface area (Å²) in [5.41, 5.74) is 1.57. The average Bonchev–Trinajstić information content (AvgIpc) is 2.73. The van der Waals surface area contributed by atoms with Crippen molar-refractivity contribution in [3.63, 3.8) is 0 Å². The van der Waals surface area contributed by atoms with Crippen LogP contribution in [0.4, 0.5) is 11.4 Å². The standard InChI is InChI=1S/C23H22N2O2S/c26-22(16-28-21-12-11-17-6-1-2-7-18(17)14-21)24-19-8-5-9-20(15-19)25-13-4-3-10-23(25)27/h1-2,5-9,11-12,14-15H,3-4,10,13,16H2,(H,24,26). The third-order valence-electron chi connectivity index (χ3n) is 4.86. The molecule has 5 heteroatoms. The maximum atomic E-state index is 12.4. The number of thioether (sulfide) groups is 1. The number of nitrogens with one attached hydrogen (secondary N) is 1. The van der Waals surface area contributed by atoms with Crippen molar-refractivity contribution in [1.29, 1.82) is 0 Å². The van der Waals surface area contributed by atoms with Gasteiger partial charge in [0, 0.05) is 29.2 Å². The summed E-state index contributed by atoms with van der Waals surface area (Å²) < 4.78 is 0. The predicted molar refractivity (Wildman–Crippen MR) is 116 cm³/mol. The van der Waals surface area contributed by atoms with Crippen LogP contribution in [0.5, 0.6) is 0 Å². The molecule has 0 aliphatic carbocycles. The van der Waals surface area contributed by atoms with Gasteiger partial charge < -0.3 is 10.2 Å². The Morgan fingerprint density at radius 1 is 0.964 bits per heavy atom. The summed E-state index contributed by atoms with van der Waals surface area (Å²) in [6, 6.07) is 22.0. The summed E-state index contributed by atoms with van der Waals surface area (Å²) in [4.78, 5) is 27.4. The second-order valence-corrected chi connectivity index (χ2v) is 7.95. The number of hydrogen-bond acceptors (Lipinski definition) is 3. The molecule has 1 aliphatic rings. The van der Waals surface area contributed by atoms with E-state index in [2.05, 4.69) is 29.6 Å². The molecule has 1 aliphatic heterocycles. The van der Waals surface area contributed by atoms with Crippen molar-refractivity contribution in [2.24, 2.45) is 0 Å². The highest BCUT2D eigenvalue weighted by atomic mass is 32.2. The number of hydrogen-bond donors (Lipinski definition) is 1. The molecule has 3 aromatic carbocycles. The number of amides is 2. The molecular formula is C23H22N2O2S. The van der Waals surface area contributed by atoms with Crippen LogP contribution >= 0.6 is 11.8 Å². The molecule has 0 aromatic heterocycles. The highest BCUT2D eigenvalue weighted by Gasteiger charge is 2.19. The van der Waals surface area contributed by atoms with Crippen molar-refractivity contribution in [3.8, 4) is 0 Å². The fourth-order valence-corrected chi connectivity index (χ4v) is 4.18. The Morgan fingerprint density at radius 3 is 2.68 bits per heavy atom. The number of piperidine rings is 1. The molecule has 1 heterocycles. The van der Waals surface area contributed by atoms with Gasteiger partial charge in [0.25, 0.3) is 0 Å². The van der Waals surface area contributed by atoms with E-state index in [4.69, 9.17) is 0 Å². The zero-order valence-electron chi connectivity index (χ0n) is 15.6. The lowest BCUT2D eigenvalue weighted by Gasteiger charge is -2.27. The maximum absolute atomic E-state index is 12.4. The summed E-state index contributed by atoms with van der Waals surface area (Å²) in [7, 11) is 0. The first-order valence-electron chi connectivity index (χ1n) is 9.51. The number of fused-ring (bicyclic) bond motifs is 1. The van der Waals surface area contributed by atoms with E-state index in [0.717, 1.165) is 35.7 Å². The van der Waals surface area contributed by atoms with Gasteiger partial charge in [-0.1, -0.05) is 36.4 Å². The summed E-state index contributed by atoms with van der Waals surface area (Å²) in [6.07, 6.45) is 2.57. The molecule has 3 aromatic rings. The predicted octanol–water partition coefficient (Wildman–Crippen LogP) is 5.09. The Balaban J connectivity index is 1.38. The van der Waals surface area contributed by atoms with Crippen molar-refractivity contribution in [1.82, 2.24) is 0 Å². The summed E-state index contributed by atoms with van der Waals surface area (Å²) >= 11 is 1.52. The van der Waals surface area contributed by atoms with Gasteiger partial charge in [-0.25, -0.2) is 0 Å². The van der Waals surface area contributed by atoms with Gasteiger partial charge in [-0.3, -0.25) is 9.59 Å². The van der Waals surface area contributed by atoms with Gasteiger partial charge in [0.2, 0.25) is 11.8 Å². The number of anilines is 2. The van der Waals surface area contributed by atoms with Crippen LogP contribution in [0.1, 0.15) is 19.3 Å². The lowest BCUT2D eigenvalue weighted by molar-refractivity contribution is -0.119. The SMILES string of the molecule is O=C(CSc1ccc2ccccc2c1)Nc1cccc(N2CCCCC2=O)c1. The quantitative estimate of drug-likeness (QED) is 0.618. The van der Waals surface area contributed by atoms with Gasteiger partial charge in [-0.15, -0.1) is 11.8 Å². The fraction of sp³-hybridized carbons (Fsp3) is 0.217. The molecule has 1 fully saturated rings. The molecule has 1 saturated heterocycles. The fourth-order valence-electron chi connectivity index (χ4n) is 3.43. The molecule has 4 nitrogen and oxygen atoms in total. The average molecular weight is 391 g/mol. The lowest BCUT2D eigenvalue weighted by Crippen LogP contribution is -2.35. The van der Waals surface area contributed by atoms with E-state index in [1.807, 2.05) is 47.4 Å². The summed E-state index contributed by atoms with van der Waals surface area (Å²) in [5, 5.41) is 5.31. The third-order valence-corrected chi connectivity index (χ3v) is 5.85. The molecule has 0 spiro atoms. The summed E-state index contributed by atoms with van der Waals surface area (Å²) in [6.45, 7) is 0.744. The molecule has 0 unspecified atom stereocenters. The van der Waals surface area contributed by atoms with E-state index in [1.165, 1.54) is 22.5 Å². The van der Waals surface area contributed by atoms with Gasteiger partial charge >= 0.3 is 0 Å². The number of carbonyl (C=O) groups is 2. The second-order valence-electron chi connectivity index (χ2n) is 6.90.